The van der Waals surface area contributed by atoms with E-state index in [0.717, 1.165) is 6.42 Å². The minimum Gasteiger partial charge on any atom is -0.342 e. The van der Waals surface area contributed by atoms with Crippen LogP contribution in [0.3, 0.4) is 0 Å². The topological polar surface area (TPSA) is 96.1 Å². The van der Waals surface area contributed by atoms with Crippen molar-refractivity contribution in [2.75, 3.05) is 25.9 Å². The van der Waals surface area contributed by atoms with Gasteiger partial charge in [0.2, 0.25) is 0 Å². The quantitative estimate of drug-likeness (QED) is 0.763. The molecule has 0 aromatic carbocycles. The van der Waals surface area contributed by atoms with Crippen LogP contribution in [0.5, 0.6) is 0 Å². The smallest absolute Gasteiger partial charge is 0.256 e. The number of carbonyl (C=O) groups is 1. The van der Waals surface area contributed by atoms with Crippen molar-refractivity contribution in [1.29, 1.82) is 0 Å². The first-order valence-corrected chi connectivity index (χ1v) is 9.31. The van der Waals surface area contributed by atoms with E-state index in [1.54, 1.807) is 35.2 Å². The number of rotatable bonds is 5. The van der Waals surface area contributed by atoms with Gasteiger partial charge in [0.1, 0.15) is 5.84 Å². The van der Waals surface area contributed by atoms with Gasteiger partial charge in [0.25, 0.3) is 15.9 Å². The van der Waals surface area contributed by atoms with Crippen LogP contribution in [0.4, 0.5) is 0 Å². The molecule has 2 aliphatic rings. The molecule has 0 radical (unpaired) electrons. The second-order valence-corrected chi connectivity index (χ2v) is 8.02. The van der Waals surface area contributed by atoms with E-state index in [9.17, 15) is 13.2 Å². The van der Waals surface area contributed by atoms with Crippen LogP contribution < -0.4 is 5.73 Å². The van der Waals surface area contributed by atoms with Gasteiger partial charge >= 0.3 is 0 Å². The lowest BCUT2D eigenvalue weighted by Crippen LogP contribution is -2.39. The highest BCUT2D eigenvalue weighted by atomic mass is 35.5. The minimum absolute atomic E-state index is 0. The van der Waals surface area contributed by atoms with E-state index >= 15 is 0 Å². The summed E-state index contributed by atoms with van der Waals surface area (Å²) in [5, 5.41) is 0. The number of nitrogens with two attached hydrogens (primary N) is 1. The standard InChI is InChI=1S/C15H24N4O3S.ClH/c1-11(2)13(16)6-7-18(3)15(20)12-4-5-14-17-23(21,22)9-8-19(14)10-12;/h4-5,10-11,13H,6-9,16H2,1-3H3;1H. The van der Waals surface area contributed by atoms with Gasteiger partial charge in [-0.2, -0.15) is 0 Å². The summed E-state index contributed by atoms with van der Waals surface area (Å²) < 4.78 is 26.7. The van der Waals surface area contributed by atoms with Crippen molar-refractivity contribution in [3.63, 3.8) is 0 Å². The monoisotopic (exact) mass is 376 g/mol. The second kappa shape index (κ2) is 8.13. The first kappa shape index (κ1) is 20.7. The number of hydrogen-bond acceptors (Lipinski definition) is 5. The van der Waals surface area contributed by atoms with Gasteiger partial charge in [-0.25, -0.2) is 8.42 Å². The Hall–Kier alpha value is -1.38. The molecular formula is C15H25ClN4O3S. The van der Waals surface area contributed by atoms with Crippen LogP contribution in [-0.4, -0.2) is 61.9 Å². The number of likely N-dealkylation sites (N-methyl/N-ethyl adjacent to an activating group) is 1. The first-order valence-electron chi connectivity index (χ1n) is 7.70. The SMILES string of the molecule is CC(C)C(N)CCN(C)C(=O)C1=CN2CCS(=O)(=O)N=C2C=C1.Cl. The van der Waals surface area contributed by atoms with Crippen LogP contribution in [-0.2, 0) is 14.8 Å². The molecule has 1 atom stereocenters. The molecule has 9 heteroatoms. The number of hydrogen-bond donors (Lipinski definition) is 1. The van der Waals surface area contributed by atoms with Crippen molar-refractivity contribution < 1.29 is 13.2 Å². The molecule has 1 amide bonds. The summed E-state index contributed by atoms with van der Waals surface area (Å²) in [5.41, 5.74) is 6.53. The third kappa shape index (κ3) is 5.06. The molecule has 7 nitrogen and oxygen atoms in total. The van der Waals surface area contributed by atoms with E-state index < -0.39 is 10.0 Å². The average Bonchev–Trinajstić information content (AvgIpc) is 2.50. The van der Waals surface area contributed by atoms with Gasteiger partial charge < -0.3 is 15.5 Å². The molecule has 2 aliphatic heterocycles. The zero-order valence-corrected chi connectivity index (χ0v) is 15.8. The highest BCUT2D eigenvalue weighted by Gasteiger charge is 2.26. The van der Waals surface area contributed by atoms with E-state index in [2.05, 4.69) is 18.2 Å². The summed E-state index contributed by atoms with van der Waals surface area (Å²) in [7, 11) is -1.63. The zero-order chi connectivity index (χ0) is 17.2. The highest BCUT2D eigenvalue weighted by molar-refractivity contribution is 7.90. The lowest BCUT2D eigenvalue weighted by molar-refractivity contribution is -0.125. The number of amides is 1. The summed E-state index contributed by atoms with van der Waals surface area (Å²) in [6.45, 7) is 5.01. The molecule has 24 heavy (non-hydrogen) atoms. The predicted octanol–water partition coefficient (Wildman–Crippen LogP) is 0.738. The van der Waals surface area contributed by atoms with Gasteiger partial charge in [-0.3, -0.25) is 4.79 Å². The van der Waals surface area contributed by atoms with Gasteiger partial charge in [-0.05, 0) is 24.5 Å². The summed E-state index contributed by atoms with van der Waals surface area (Å²) in [4.78, 5) is 15.8. The van der Waals surface area contributed by atoms with Gasteiger partial charge in [0.05, 0.1) is 11.3 Å². The Morgan fingerprint density at radius 2 is 2.08 bits per heavy atom. The van der Waals surface area contributed by atoms with Crippen molar-refractivity contribution in [2.45, 2.75) is 26.3 Å². The van der Waals surface area contributed by atoms with Crippen molar-refractivity contribution in [3.8, 4) is 0 Å². The highest BCUT2D eigenvalue weighted by Crippen LogP contribution is 2.17. The molecule has 2 rings (SSSR count). The summed E-state index contributed by atoms with van der Waals surface area (Å²) in [6, 6.07) is 0.0622. The molecule has 0 aliphatic carbocycles. The van der Waals surface area contributed by atoms with Crippen molar-refractivity contribution in [3.05, 3.63) is 23.9 Å². The molecule has 0 saturated heterocycles. The van der Waals surface area contributed by atoms with Crippen LogP contribution in [0.2, 0.25) is 0 Å². The first-order chi connectivity index (χ1) is 10.7. The Bertz CT molecular complexity index is 670. The van der Waals surface area contributed by atoms with E-state index in [-0.39, 0.29) is 30.1 Å². The predicted molar refractivity (Wildman–Crippen MR) is 97.5 cm³/mol. The third-order valence-corrected chi connectivity index (χ3v) is 5.24. The van der Waals surface area contributed by atoms with E-state index in [4.69, 9.17) is 5.73 Å². The Morgan fingerprint density at radius 1 is 1.42 bits per heavy atom. The van der Waals surface area contributed by atoms with E-state index in [1.807, 2.05) is 0 Å². The van der Waals surface area contributed by atoms with Crippen LogP contribution in [0.25, 0.3) is 0 Å². The largest absolute Gasteiger partial charge is 0.342 e. The Kier molecular flexibility index (Phi) is 7.00. The van der Waals surface area contributed by atoms with Crippen molar-refractivity contribution in [2.24, 2.45) is 16.0 Å². The van der Waals surface area contributed by atoms with E-state index in [1.165, 1.54) is 0 Å². The number of halogens is 1. The third-order valence-electron chi connectivity index (χ3n) is 4.07. The minimum atomic E-state index is -3.38. The molecule has 1 unspecified atom stereocenters. The van der Waals surface area contributed by atoms with Gasteiger partial charge in [0, 0.05) is 32.4 Å². The second-order valence-electron chi connectivity index (χ2n) is 6.27. The van der Waals surface area contributed by atoms with Gasteiger partial charge in [-0.15, -0.1) is 16.8 Å². The van der Waals surface area contributed by atoms with Crippen LogP contribution >= 0.6 is 12.4 Å². The van der Waals surface area contributed by atoms with Gasteiger partial charge in [0.15, 0.2) is 0 Å². The lowest BCUT2D eigenvalue weighted by atomic mass is 10.0. The molecule has 0 aromatic rings. The summed E-state index contributed by atoms with van der Waals surface area (Å²) in [5.74, 6) is 0.588. The van der Waals surface area contributed by atoms with Crippen LogP contribution in [0.1, 0.15) is 20.3 Å². The number of carbonyl (C=O) groups excluding carboxylic acids is 1. The molecule has 0 spiro atoms. The maximum atomic E-state index is 12.5. The maximum absolute atomic E-state index is 12.5. The number of amidine groups is 1. The Morgan fingerprint density at radius 3 is 2.71 bits per heavy atom. The van der Waals surface area contributed by atoms with Crippen molar-refractivity contribution >= 4 is 34.2 Å². The van der Waals surface area contributed by atoms with Gasteiger partial charge in [-0.1, -0.05) is 13.8 Å². The maximum Gasteiger partial charge on any atom is 0.256 e. The number of fused-ring (bicyclic) bond motifs is 1. The lowest BCUT2D eigenvalue weighted by Gasteiger charge is -2.28. The fourth-order valence-corrected chi connectivity index (χ4v) is 3.29. The summed E-state index contributed by atoms with van der Waals surface area (Å²) in [6.07, 6.45) is 5.58. The van der Waals surface area contributed by atoms with Crippen molar-refractivity contribution in [1.82, 2.24) is 9.80 Å². The van der Waals surface area contributed by atoms with E-state index in [0.29, 0.717) is 30.4 Å². The molecule has 0 fully saturated rings. The fourth-order valence-electron chi connectivity index (χ4n) is 2.33. The molecule has 2 heterocycles. The molecule has 0 saturated carbocycles. The molecule has 136 valence electrons. The average molecular weight is 377 g/mol. The normalized spacial score (nSPS) is 19.8. The number of sulfonamides is 1. The summed E-state index contributed by atoms with van der Waals surface area (Å²) >= 11 is 0. The zero-order valence-electron chi connectivity index (χ0n) is 14.2. The molecule has 0 bridgehead atoms. The molecular weight excluding hydrogens is 352 g/mol. The van der Waals surface area contributed by atoms with Crippen LogP contribution in [0.15, 0.2) is 28.3 Å². The van der Waals surface area contributed by atoms with Crippen LogP contribution in [0, 0.1) is 5.92 Å². The Labute approximate surface area is 149 Å². The Balaban J connectivity index is 0.00000288. The fraction of sp³-hybridized carbons (Fsp3) is 0.600. The molecule has 2 N–H and O–H groups in total. The molecule has 0 aromatic heterocycles. The number of nitrogens with zero attached hydrogens (tertiary/aromatic N) is 3.